The van der Waals surface area contributed by atoms with E-state index in [0.29, 0.717) is 0 Å². The summed E-state index contributed by atoms with van der Waals surface area (Å²) in [5, 5.41) is 0. The Morgan fingerprint density at radius 1 is 1.05 bits per heavy atom. The molecule has 0 radical (unpaired) electrons. The Morgan fingerprint density at radius 2 is 1.77 bits per heavy atom. The van der Waals surface area contributed by atoms with Crippen molar-refractivity contribution < 1.29 is 21.3 Å². The van der Waals surface area contributed by atoms with Crippen LogP contribution < -0.4 is 0 Å². The molecule has 0 N–H and O–H groups in total. The summed E-state index contributed by atoms with van der Waals surface area (Å²) in [5.74, 6) is 0. The van der Waals surface area contributed by atoms with Gasteiger partial charge in [0.2, 0.25) is 0 Å². The zero-order chi connectivity index (χ0) is 15.9. The van der Waals surface area contributed by atoms with Crippen LogP contribution in [-0.2, 0) is 21.3 Å². The summed E-state index contributed by atoms with van der Waals surface area (Å²) in [5.41, 5.74) is 3.51. The summed E-state index contributed by atoms with van der Waals surface area (Å²) in [4.78, 5) is 0. The van der Waals surface area contributed by atoms with E-state index in [2.05, 4.69) is 52.0 Å². The normalized spacial score (nSPS) is 17.1. The van der Waals surface area contributed by atoms with Gasteiger partial charge in [-0.25, -0.2) is 0 Å². The van der Waals surface area contributed by atoms with Gasteiger partial charge in [0.15, 0.2) is 0 Å². The van der Waals surface area contributed by atoms with E-state index >= 15 is 0 Å². The van der Waals surface area contributed by atoms with Gasteiger partial charge in [0.25, 0.3) is 0 Å². The van der Waals surface area contributed by atoms with Gasteiger partial charge in [0.05, 0.1) is 0 Å². The number of rotatable bonds is 8. The van der Waals surface area contributed by atoms with Gasteiger partial charge in [-0.05, 0) is 0 Å². The molecule has 2 rings (SSSR count). The van der Waals surface area contributed by atoms with Crippen molar-refractivity contribution in [3.8, 4) is 0 Å². The third-order valence-corrected chi connectivity index (χ3v) is 12.1. The fourth-order valence-electron chi connectivity index (χ4n) is 3.60. The first kappa shape index (κ1) is 18.1. The Labute approximate surface area is 145 Å². The van der Waals surface area contributed by atoms with E-state index in [1.165, 1.54) is 51.4 Å². The summed E-state index contributed by atoms with van der Waals surface area (Å²) in [6.07, 6.45) is 20.3. The predicted molar refractivity (Wildman–Crippen MR) is 97.0 cm³/mol. The Bertz CT molecular complexity index is 548. The molecule has 22 heavy (non-hydrogen) atoms. The van der Waals surface area contributed by atoms with Crippen molar-refractivity contribution in [2.24, 2.45) is 0 Å². The van der Waals surface area contributed by atoms with Crippen molar-refractivity contribution >= 4 is 3.21 Å². The Kier molecular flexibility index (Phi) is 7.48. The van der Waals surface area contributed by atoms with Gasteiger partial charge < -0.3 is 0 Å². The van der Waals surface area contributed by atoms with Crippen LogP contribution in [0.15, 0.2) is 42.0 Å². The third-order valence-electron chi connectivity index (χ3n) is 4.75. The van der Waals surface area contributed by atoms with Crippen LogP contribution in [0.25, 0.3) is 0 Å². The van der Waals surface area contributed by atoms with E-state index in [1.807, 2.05) is 3.28 Å². The second-order valence-electron chi connectivity index (χ2n) is 6.88. The van der Waals surface area contributed by atoms with Crippen molar-refractivity contribution in [1.29, 1.82) is 0 Å². The predicted octanol–water partition coefficient (Wildman–Crippen LogP) is 6.63. The second kappa shape index (κ2) is 9.12. The average Bonchev–Trinajstić information content (AvgIpc) is 3.13. The number of hydrogen-bond acceptors (Lipinski definition) is 0. The van der Waals surface area contributed by atoms with Crippen molar-refractivity contribution in [3.05, 3.63) is 42.0 Å². The molecule has 0 nitrogen and oxygen atoms in total. The molecule has 2 aliphatic carbocycles. The van der Waals surface area contributed by atoms with Crippen LogP contribution in [0.5, 0.6) is 0 Å². The standard InChI is InChI=1S/C13H21.C5H5.C3H6.Zr/c1-3-5-8-12-10-7-11-13(12)9-6-4-2;1-2-4-5-3-1;1-3-2;/h10H,3-6,8-9,11H2,1-2H3;1-3H,4H2;1-2H3;. The van der Waals surface area contributed by atoms with Crippen LogP contribution in [0.4, 0.5) is 0 Å². The molecule has 120 valence electrons. The first-order chi connectivity index (χ1) is 10.7. The van der Waals surface area contributed by atoms with Gasteiger partial charge in [0, 0.05) is 0 Å². The maximum absolute atomic E-state index is 2.65. The minimum atomic E-state index is -1.69. The van der Waals surface area contributed by atoms with Crippen LogP contribution in [0.3, 0.4) is 0 Å². The molecule has 0 amide bonds. The molecular weight excluding hydrogens is 343 g/mol. The molecule has 0 saturated carbocycles. The van der Waals surface area contributed by atoms with E-state index < -0.39 is 21.3 Å². The summed E-state index contributed by atoms with van der Waals surface area (Å²) in [6.45, 7) is 9.41. The average molecular weight is 376 g/mol. The quantitative estimate of drug-likeness (QED) is 0.447. The van der Waals surface area contributed by atoms with Crippen LogP contribution in [-0.4, -0.2) is 3.21 Å². The molecule has 0 unspecified atom stereocenters. The van der Waals surface area contributed by atoms with Crippen molar-refractivity contribution in [2.75, 3.05) is 0 Å². The minimum absolute atomic E-state index is 1.23. The molecule has 0 bridgehead atoms. The first-order valence-electron chi connectivity index (χ1n) is 9.12. The summed E-state index contributed by atoms with van der Waals surface area (Å²) in [7, 11) is 0. The molecular formula is C21H32Zr. The molecule has 2 aliphatic rings. The van der Waals surface area contributed by atoms with Crippen molar-refractivity contribution in [2.45, 2.75) is 79.1 Å². The molecule has 0 saturated heterocycles. The molecule has 0 heterocycles. The monoisotopic (exact) mass is 374 g/mol. The molecule has 0 fully saturated rings. The van der Waals surface area contributed by atoms with Crippen LogP contribution in [0, 0.1) is 0 Å². The van der Waals surface area contributed by atoms with Gasteiger partial charge in [-0.1, -0.05) is 0 Å². The number of allylic oxidation sites excluding steroid dienone is 8. The topological polar surface area (TPSA) is 0 Å². The van der Waals surface area contributed by atoms with Gasteiger partial charge in [-0.15, -0.1) is 0 Å². The molecule has 0 aromatic carbocycles. The second-order valence-corrected chi connectivity index (χ2v) is 14.3. The summed E-state index contributed by atoms with van der Waals surface area (Å²) >= 11 is -1.69. The van der Waals surface area contributed by atoms with Crippen LogP contribution >= 0.6 is 0 Å². The van der Waals surface area contributed by atoms with Gasteiger partial charge >= 0.3 is 146 Å². The van der Waals surface area contributed by atoms with E-state index in [-0.39, 0.29) is 0 Å². The van der Waals surface area contributed by atoms with Gasteiger partial charge in [-0.2, -0.15) is 0 Å². The molecule has 0 atom stereocenters. The molecule has 0 aliphatic heterocycles. The Morgan fingerprint density at radius 3 is 2.36 bits per heavy atom. The molecule has 0 aromatic rings. The van der Waals surface area contributed by atoms with E-state index in [0.717, 1.165) is 0 Å². The maximum atomic E-state index is 2.65. The summed E-state index contributed by atoms with van der Waals surface area (Å²) < 4.78 is 5.39. The third kappa shape index (κ3) is 4.61. The SMILES string of the molecule is CCCCC1=C(CCCC)C[C]([Zr]([C]2=CC=CC2)=[C](C)C)=C1. The first-order valence-corrected chi connectivity index (χ1v) is 12.8. The van der Waals surface area contributed by atoms with Crippen molar-refractivity contribution in [1.82, 2.24) is 0 Å². The zero-order valence-electron chi connectivity index (χ0n) is 15.0. The molecule has 0 spiro atoms. The Balaban J connectivity index is 2.20. The fourth-order valence-corrected chi connectivity index (χ4v) is 11.0. The fraction of sp³-hybridized carbons (Fsp3) is 0.571. The van der Waals surface area contributed by atoms with Crippen molar-refractivity contribution in [3.63, 3.8) is 0 Å². The van der Waals surface area contributed by atoms with E-state index in [4.69, 9.17) is 0 Å². The molecule has 0 aromatic heterocycles. The van der Waals surface area contributed by atoms with E-state index in [9.17, 15) is 0 Å². The Hall–Kier alpha value is -0.287. The van der Waals surface area contributed by atoms with Gasteiger partial charge in [0.1, 0.15) is 0 Å². The van der Waals surface area contributed by atoms with Gasteiger partial charge in [-0.3, -0.25) is 0 Å². The zero-order valence-corrected chi connectivity index (χ0v) is 17.4. The van der Waals surface area contributed by atoms with Crippen LogP contribution in [0.1, 0.15) is 79.1 Å². The molecule has 1 heteroatoms. The summed E-state index contributed by atoms with van der Waals surface area (Å²) in [6, 6.07) is 0. The number of hydrogen-bond donors (Lipinski definition) is 0. The van der Waals surface area contributed by atoms with E-state index in [1.54, 1.807) is 17.6 Å². The van der Waals surface area contributed by atoms with Crippen LogP contribution in [0.2, 0.25) is 0 Å². The number of unbranched alkanes of at least 4 members (excludes halogenated alkanes) is 2.